The minimum Gasteiger partial charge on any atom is -0.339 e. The van der Waals surface area contributed by atoms with Gasteiger partial charge in [0.05, 0.1) is 0 Å². The summed E-state index contributed by atoms with van der Waals surface area (Å²) in [6.45, 7) is 3.37. The molecule has 2 aliphatic rings. The first kappa shape index (κ1) is 11.2. The smallest absolute Gasteiger partial charge is 0.228 e. The highest BCUT2D eigenvalue weighted by Crippen LogP contribution is 2.41. The summed E-state index contributed by atoms with van der Waals surface area (Å²) < 4.78 is 5.39. The summed E-state index contributed by atoms with van der Waals surface area (Å²) in [6.07, 6.45) is 8.43. The molecule has 1 unspecified atom stereocenters. The van der Waals surface area contributed by atoms with Gasteiger partial charge in [0.15, 0.2) is 5.82 Å². The van der Waals surface area contributed by atoms with Crippen LogP contribution >= 0.6 is 0 Å². The molecular formula is C13H21N3O. The number of hydrogen-bond acceptors (Lipinski definition) is 4. The van der Waals surface area contributed by atoms with Crippen molar-refractivity contribution in [3.05, 3.63) is 11.7 Å². The van der Waals surface area contributed by atoms with Crippen molar-refractivity contribution < 1.29 is 4.52 Å². The van der Waals surface area contributed by atoms with Crippen LogP contribution in [0.4, 0.5) is 0 Å². The van der Waals surface area contributed by atoms with Crippen molar-refractivity contribution in [2.24, 2.45) is 0 Å². The summed E-state index contributed by atoms with van der Waals surface area (Å²) in [5.41, 5.74) is 0.196. The Morgan fingerprint density at radius 1 is 1.35 bits per heavy atom. The molecule has 4 heteroatoms. The van der Waals surface area contributed by atoms with Crippen LogP contribution in [0.1, 0.15) is 57.2 Å². The second kappa shape index (κ2) is 4.41. The first-order chi connectivity index (χ1) is 8.26. The highest BCUT2D eigenvalue weighted by molar-refractivity contribution is 5.09. The Bertz CT molecular complexity index is 378. The Morgan fingerprint density at radius 2 is 2.24 bits per heavy atom. The van der Waals surface area contributed by atoms with Crippen LogP contribution in [0.3, 0.4) is 0 Å². The number of hydrogen-bond donors (Lipinski definition) is 1. The molecular weight excluding hydrogens is 214 g/mol. The molecule has 4 nitrogen and oxygen atoms in total. The maximum atomic E-state index is 5.39. The highest BCUT2D eigenvalue weighted by atomic mass is 16.5. The number of rotatable bonds is 3. The zero-order valence-electron chi connectivity index (χ0n) is 10.5. The molecule has 0 spiro atoms. The van der Waals surface area contributed by atoms with Gasteiger partial charge in [-0.3, -0.25) is 0 Å². The van der Waals surface area contributed by atoms with Crippen LogP contribution in [0.5, 0.6) is 0 Å². The molecule has 1 aliphatic heterocycles. The van der Waals surface area contributed by atoms with Crippen LogP contribution < -0.4 is 5.32 Å². The molecule has 1 atom stereocenters. The van der Waals surface area contributed by atoms with Gasteiger partial charge in [-0.15, -0.1) is 0 Å². The van der Waals surface area contributed by atoms with E-state index in [4.69, 9.17) is 4.52 Å². The average Bonchev–Trinajstić information content (AvgIpc) is 2.76. The predicted octanol–water partition coefficient (Wildman–Crippen LogP) is 2.20. The van der Waals surface area contributed by atoms with Crippen LogP contribution in [-0.2, 0) is 11.8 Å². The summed E-state index contributed by atoms with van der Waals surface area (Å²) in [7, 11) is 0. The zero-order valence-corrected chi connectivity index (χ0v) is 10.5. The van der Waals surface area contributed by atoms with Gasteiger partial charge in [0, 0.05) is 17.9 Å². The lowest BCUT2D eigenvalue weighted by molar-refractivity contribution is 0.244. The molecule has 3 rings (SSSR count). The Labute approximate surface area is 102 Å². The molecule has 1 N–H and O–H groups in total. The van der Waals surface area contributed by atoms with Gasteiger partial charge < -0.3 is 9.84 Å². The van der Waals surface area contributed by atoms with Gasteiger partial charge in [0.1, 0.15) is 0 Å². The molecule has 1 aliphatic carbocycles. The average molecular weight is 235 g/mol. The molecule has 1 saturated heterocycles. The van der Waals surface area contributed by atoms with E-state index in [-0.39, 0.29) is 5.41 Å². The van der Waals surface area contributed by atoms with Gasteiger partial charge in [-0.05, 0) is 32.2 Å². The lowest BCUT2D eigenvalue weighted by Gasteiger charge is -2.34. The summed E-state index contributed by atoms with van der Waals surface area (Å²) in [6, 6.07) is 0.534. The van der Waals surface area contributed by atoms with Crippen LogP contribution in [0, 0.1) is 0 Å². The van der Waals surface area contributed by atoms with Gasteiger partial charge in [-0.25, -0.2) is 0 Å². The first-order valence-corrected chi connectivity index (χ1v) is 6.83. The Morgan fingerprint density at radius 3 is 2.88 bits per heavy atom. The molecule has 0 bridgehead atoms. The standard InChI is InChI=1S/C13H21N3O/c1-13(6-4-7-13)12-15-11(17-16-12)9-10-5-2-3-8-14-10/h10,14H,2-9H2,1H3. The lowest BCUT2D eigenvalue weighted by atomic mass is 9.70. The summed E-state index contributed by atoms with van der Waals surface area (Å²) in [5.74, 6) is 1.74. The van der Waals surface area contributed by atoms with Gasteiger partial charge >= 0.3 is 0 Å². The van der Waals surface area contributed by atoms with E-state index in [2.05, 4.69) is 22.4 Å². The number of nitrogens with zero attached hydrogens (tertiary/aromatic N) is 2. The summed E-state index contributed by atoms with van der Waals surface area (Å²) >= 11 is 0. The normalized spacial score (nSPS) is 27.7. The van der Waals surface area contributed by atoms with Gasteiger partial charge in [0.2, 0.25) is 5.89 Å². The predicted molar refractivity (Wildman–Crippen MR) is 64.8 cm³/mol. The highest BCUT2D eigenvalue weighted by Gasteiger charge is 2.38. The minimum atomic E-state index is 0.196. The fourth-order valence-corrected chi connectivity index (χ4v) is 2.82. The zero-order chi connectivity index (χ0) is 11.7. The number of aromatic nitrogens is 2. The molecule has 1 aromatic heterocycles. The largest absolute Gasteiger partial charge is 0.339 e. The first-order valence-electron chi connectivity index (χ1n) is 6.83. The second-order valence-electron chi connectivity index (χ2n) is 5.78. The Hall–Kier alpha value is -0.900. The van der Waals surface area contributed by atoms with Crippen molar-refractivity contribution in [2.75, 3.05) is 6.54 Å². The van der Waals surface area contributed by atoms with E-state index in [9.17, 15) is 0 Å². The lowest BCUT2D eigenvalue weighted by Crippen LogP contribution is -2.35. The van der Waals surface area contributed by atoms with Crippen molar-refractivity contribution in [1.29, 1.82) is 0 Å². The SMILES string of the molecule is CC1(c2noc(CC3CCCCN3)n2)CCC1. The molecule has 94 valence electrons. The van der Waals surface area contributed by atoms with Crippen LogP contribution in [0.25, 0.3) is 0 Å². The van der Waals surface area contributed by atoms with Gasteiger partial charge in [-0.2, -0.15) is 4.98 Å². The van der Waals surface area contributed by atoms with Gasteiger partial charge in [0.25, 0.3) is 0 Å². The second-order valence-corrected chi connectivity index (χ2v) is 5.78. The number of nitrogens with one attached hydrogen (secondary N) is 1. The Balaban J connectivity index is 1.63. The quantitative estimate of drug-likeness (QED) is 0.872. The van der Waals surface area contributed by atoms with Crippen molar-refractivity contribution in [2.45, 2.75) is 63.3 Å². The third-order valence-electron chi connectivity index (χ3n) is 4.30. The third kappa shape index (κ3) is 2.23. The fraction of sp³-hybridized carbons (Fsp3) is 0.846. The molecule has 0 aromatic carbocycles. The molecule has 2 heterocycles. The third-order valence-corrected chi connectivity index (χ3v) is 4.30. The van der Waals surface area contributed by atoms with Crippen molar-refractivity contribution >= 4 is 0 Å². The van der Waals surface area contributed by atoms with E-state index >= 15 is 0 Å². The van der Waals surface area contributed by atoms with E-state index in [0.29, 0.717) is 6.04 Å². The van der Waals surface area contributed by atoms with E-state index in [0.717, 1.165) is 24.7 Å². The maximum Gasteiger partial charge on any atom is 0.228 e. The maximum absolute atomic E-state index is 5.39. The molecule has 1 aromatic rings. The van der Waals surface area contributed by atoms with Gasteiger partial charge in [-0.1, -0.05) is 24.9 Å². The molecule has 17 heavy (non-hydrogen) atoms. The molecule has 2 fully saturated rings. The van der Waals surface area contributed by atoms with E-state index < -0.39 is 0 Å². The van der Waals surface area contributed by atoms with Crippen LogP contribution in [-0.4, -0.2) is 22.7 Å². The molecule has 0 radical (unpaired) electrons. The van der Waals surface area contributed by atoms with Crippen LogP contribution in [0.2, 0.25) is 0 Å². The van der Waals surface area contributed by atoms with Crippen LogP contribution in [0.15, 0.2) is 4.52 Å². The fourth-order valence-electron chi connectivity index (χ4n) is 2.82. The van der Waals surface area contributed by atoms with E-state index in [1.165, 1.54) is 38.5 Å². The molecule has 1 saturated carbocycles. The summed E-state index contributed by atoms with van der Waals surface area (Å²) in [5, 5.41) is 7.68. The summed E-state index contributed by atoms with van der Waals surface area (Å²) in [4.78, 5) is 4.58. The van der Waals surface area contributed by atoms with E-state index in [1.807, 2.05) is 0 Å². The van der Waals surface area contributed by atoms with E-state index in [1.54, 1.807) is 0 Å². The topological polar surface area (TPSA) is 51.0 Å². The van der Waals surface area contributed by atoms with Crippen molar-refractivity contribution in [3.63, 3.8) is 0 Å². The number of piperidine rings is 1. The monoisotopic (exact) mass is 235 g/mol. The van der Waals surface area contributed by atoms with Crippen molar-refractivity contribution in [3.8, 4) is 0 Å². The van der Waals surface area contributed by atoms with Crippen molar-refractivity contribution in [1.82, 2.24) is 15.5 Å². The minimum absolute atomic E-state index is 0.196. The Kier molecular flexibility index (Phi) is 2.90. The molecule has 0 amide bonds.